The highest BCUT2D eigenvalue weighted by atomic mass is 19.1. The van der Waals surface area contributed by atoms with Gasteiger partial charge in [-0.15, -0.1) is 0 Å². The maximum Gasteiger partial charge on any atom is 0.165 e. The molecule has 0 N–H and O–H groups in total. The lowest BCUT2D eigenvalue weighted by Crippen LogP contribution is -2.07. The minimum atomic E-state index is -0.290. The van der Waals surface area contributed by atoms with Crippen molar-refractivity contribution in [1.82, 2.24) is 0 Å². The van der Waals surface area contributed by atoms with Crippen molar-refractivity contribution in [2.24, 2.45) is 5.92 Å². The van der Waals surface area contributed by atoms with Crippen molar-refractivity contribution in [2.75, 3.05) is 7.11 Å². The predicted molar refractivity (Wildman–Crippen MR) is 77.6 cm³/mol. The number of Topliss-reactive ketones (excluding diaryl/α,β-unsaturated/α-hetero) is 1. The molecule has 20 heavy (non-hydrogen) atoms. The molecule has 0 amide bonds. The van der Waals surface area contributed by atoms with Crippen LogP contribution in [-0.2, 0) is 0 Å². The third-order valence-corrected chi connectivity index (χ3v) is 3.16. The van der Waals surface area contributed by atoms with Gasteiger partial charge in [-0.3, -0.25) is 4.79 Å². The number of hydrogen-bond acceptors (Lipinski definition) is 2. The minimum Gasteiger partial charge on any atom is -0.496 e. The number of hydrogen-bond donors (Lipinski definition) is 0. The van der Waals surface area contributed by atoms with Crippen LogP contribution in [0.25, 0.3) is 11.1 Å². The van der Waals surface area contributed by atoms with E-state index in [9.17, 15) is 9.18 Å². The van der Waals surface area contributed by atoms with E-state index in [1.54, 1.807) is 37.4 Å². The average Bonchev–Trinajstić information content (AvgIpc) is 2.46. The summed E-state index contributed by atoms with van der Waals surface area (Å²) in [5, 5.41) is 0. The van der Waals surface area contributed by atoms with Crippen molar-refractivity contribution in [3.05, 3.63) is 53.8 Å². The van der Waals surface area contributed by atoms with Crippen molar-refractivity contribution < 1.29 is 13.9 Å². The summed E-state index contributed by atoms with van der Waals surface area (Å²) in [7, 11) is 1.58. The first-order valence-corrected chi connectivity index (χ1v) is 6.51. The van der Waals surface area contributed by atoms with Gasteiger partial charge in [0.25, 0.3) is 0 Å². The van der Waals surface area contributed by atoms with E-state index >= 15 is 0 Å². The van der Waals surface area contributed by atoms with E-state index in [2.05, 4.69) is 0 Å². The van der Waals surface area contributed by atoms with Gasteiger partial charge in [0.05, 0.1) is 7.11 Å². The molecule has 3 heteroatoms. The second-order valence-corrected chi connectivity index (χ2v) is 4.94. The summed E-state index contributed by atoms with van der Waals surface area (Å²) in [5.74, 6) is 0.388. The smallest absolute Gasteiger partial charge is 0.165 e. The standard InChI is InChI=1S/C17H17FO2/c1-11(2)17(19)13-6-9-16(20-3)15(10-13)12-4-7-14(18)8-5-12/h4-11H,1-3H3. The molecule has 104 valence electrons. The summed E-state index contributed by atoms with van der Waals surface area (Å²) in [6, 6.07) is 11.5. The Morgan fingerprint density at radius 2 is 1.75 bits per heavy atom. The quantitative estimate of drug-likeness (QED) is 0.774. The van der Waals surface area contributed by atoms with Crippen LogP contribution in [0.1, 0.15) is 24.2 Å². The summed E-state index contributed by atoms with van der Waals surface area (Å²) in [6.07, 6.45) is 0. The molecule has 0 spiro atoms. The number of ether oxygens (including phenoxy) is 1. The van der Waals surface area contributed by atoms with E-state index in [4.69, 9.17) is 4.74 Å². The first-order chi connectivity index (χ1) is 9.52. The molecule has 0 aromatic heterocycles. The Kier molecular flexibility index (Phi) is 4.18. The molecule has 2 rings (SSSR count). The molecule has 0 unspecified atom stereocenters. The SMILES string of the molecule is COc1ccc(C(=O)C(C)C)cc1-c1ccc(F)cc1. The number of ketones is 1. The highest BCUT2D eigenvalue weighted by Gasteiger charge is 2.14. The summed E-state index contributed by atoms with van der Waals surface area (Å²) in [4.78, 5) is 12.1. The van der Waals surface area contributed by atoms with Crippen molar-refractivity contribution in [2.45, 2.75) is 13.8 Å². The van der Waals surface area contributed by atoms with Crippen molar-refractivity contribution in [3.8, 4) is 16.9 Å². The lowest BCUT2D eigenvalue weighted by atomic mass is 9.96. The van der Waals surface area contributed by atoms with Crippen molar-refractivity contribution in [3.63, 3.8) is 0 Å². The average molecular weight is 272 g/mol. The second-order valence-electron chi connectivity index (χ2n) is 4.94. The maximum atomic E-state index is 13.0. The molecule has 0 heterocycles. The van der Waals surface area contributed by atoms with Crippen LogP contribution in [-0.4, -0.2) is 12.9 Å². The first-order valence-electron chi connectivity index (χ1n) is 6.51. The second kappa shape index (κ2) is 5.87. The fourth-order valence-corrected chi connectivity index (χ4v) is 2.05. The van der Waals surface area contributed by atoms with Crippen LogP contribution in [0.5, 0.6) is 5.75 Å². The zero-order valence-electron chi connectivity index (χ0n) is 11.8. The Hall–Kier alpha value is -2.16. The topological polar surface area (TPSA) is 26.3 Å². The van der Waals surface area contributed by atoms with Gasteiger partial charge < -0.3 is 4.74 Å². The molecule has 0 aliphatic carbocycles. The van der Waals surface area contributed by atoms with Crippen LogP contribution in [0.15, 0.2) is 42.5 Å². The third-order valence-electron chi connectivity index (χ3n) is 3.16. The van der Waals surface area contributed by atoms with Gasteiger partial charge >= 0.3 is 0 Å². The van der Waals surface area contributed by atoms with Gasteiger partial charge in [-0.25, -0.2) is 4.39 Å². The summed E-state index contributed by atoms with van der Waals surface area (Å²) >= 11 is 0. The van der Waals surface area contributed by atoms with Gasteiger partial charge in [0.15, 0.2) is 5.78 Å². The molecule has 2 aromatic rings. The monoisotopic (exact) mass is 272 g/mol. The molecule has 0 saturated carbocycles. The zero-order chi connectivity index (χ0) is 14.7. The van der Waals surface area contributed by atoms with E-state index < -0.39 is 0 Å². The molecule has 0 saturated heterocycles. The fraction of sp³-hybridized carbons (Fsp3) is 0.235. The van der Waals surface area contributed by atoms with Crippen LogP contribution in [0, 0.1) is 11.7 Å². The Labute approximate surface area is 118 Å². The summed E-state index contributed by atoms with van der Waals surface area (Å²) in [6.45, 7) is 3.73. The van der Waals surface area contributed by atoms with Gasteiger partial charge in [0.2, 0.25) is 0 Å². The molecule has 0 fully saturated rings. The lowest BCUT2D eigenvalue weighted by molar-refractivity contribution is 0.0939. The van der Waals surface area contributed by atoms with E-state index in [0.29, 0.717) is 11.3 Å². The molecular weight excluding hydrogens is 255 g/mol. The Morgan fingerprint density at radius 3 is 2.30 bits per heavy atom. The third kappa shape index (κ3) is 2.87. The highest BCUT2D eigenvalue weighted by molar-refractivity contribution is 5.99. The minimum absolute atomic E-state index is 0.0653. The van der Waals surface area contributed by atoms with Crippen molar-refractivity contribution >= 4 is 5.78 Å². The largest absolute Gasteiger partial charge is 0.496 e. The molecule has 0 aliphatic rings. The normalized spacial score (nSPS) is 10.7. The number of benzene rings is 2. The first kappa shape index (κ1) is 14.3. The molecule has 0 atom stereocenters. The van der Waals surface area contributed by atoms with Crippen LogP contribution in [0.3, 0.4) is 0 Å². The fourth-order valence-electron chi connectivity index (χ4n) is 2.05. The number of rotatable bonds is 4. The summed E-state index contributed by atoms with van der Waals surface area (Å²) < 4.78 is 18.3. The van der Waals surface area contributed by atoms with E-state index in [1.807, 2.05) is 13.8 Å². The van der Waals surface area contributed by atoms with Crippen LogP contribution >= 0.6 is 0 Å². The maximum absolute atomic E-state index is 13.0. The van der Waals surface area contributed by atoms with E-state index in [1.165, 1.54) is 12.1 Å². The zero-order valence-corrected chi connectivity index (χ0v) is 11.8. The lowest BCUT2D eigenvalue weighted by Gasteiger charge is -2.12. The molecule has 0 aliphatic heterocycles. The van der Waals surface area contributed by atoms with Crippen LogP contribution < -0.4 is 4.74 Å². The van der Waals surface area contributed by atoms with Crippen molar-refractivity contribution in [1.29, 1.82) is 0 Å². The van der Waals surface area contributed by atoms with Gasteiger partial charge in [0.1, 0.15) is 11.6 Å². The number of halogens is 1. The molecular formula is C17H17FO2. The Bertz CT molecular complexity index is 615. The van der Waals surface area contributed by atoms with Crippen LogP contribution in [0.4, 0.5) is 4.39 Å². The Balaban J connectivity index is 2.52. The molecule has 0 radical (unpaired) electrons. The van der Waals surface area contributed by atoms with Gasteiger partial charge in [-0.05, 0) is 35.9 Å². The number of carbonyl (C=O) groups excluding carboxylic acids is 1. The highest BCUT2D eigenvalue weighted by Crippen LogP contribution is 2.31. The van der Waals surface area contributed by atoms with Gasteiger partial charge in [-0.1, -0.05) is 26.0 Å². The predicted octanol–water partition coefficient (Wildman–Crippen LogP) is 4.34. The number of carbonyl (C=O) groups is 1. The van der Waals surface area contributed by atoms with E-state index in [-0.39, 0.29) is 17.5 Å². The van der Waals surface area contributed by atoms with Gasteiger partial charge in [-0.2, -0.15) is 0 Å². The molecule has 0 bridgehead atoms. The summed E-state index contributed by atoms with van der Waals surface area (Å²) in [5.41, 5.74) is 2.25. The van der Waals surface area contributed by atoms with Gasteiger partial charge in [0, 0.05) is 17.0 Å². The molecule has 2 aromatic carbocycles. The van der Waals surface area contributed by atoms with Crippen LogP contribution in [0.2, 0.25) is 0 Å². The van der Waals surface area contributed by atoms with E-state index in [0.717, 1.165) is 11.1 Å². The Morgan fingerprint density at radius 1 is 1.10 bits per heavy atom. The number of methoxy groups -OCH3 is 1. The molecule has 2 nitrogen and oxygen atoms in total.